The number of rotatable bonds is 9. The maximum absolute atomic E-state index is 12.1. The van der Waals surface area contributed by atoms with Crippen molar-refractivity contribution in [2.24, 2.45) is 0 Å². The number of ether oxygens (including phenoxy) is 2. The van der Waals surface area contributed by atoms with Crippen molar-refractivity contribution >= 4 is 23.2 Å². The molecule has 0 saturated carbocycles. The Morgan fingerprint density at radius 2 is 1.93 bits per heavy atom. The van der Waals surface area contributed by atoms with E-state index in [1.165, 1.54) is 11.3 Å². The summed E-state index contributed by atoms with van der Waals surface area (Å²) in [6, 6.07) is 8.82. The molecule has 1 atom stereocenters. The van der Waals surface area contributed by atoms with Crippen molar-refractivity contribution in [3.05, 3.63) is 47.0 Å². The molecule has 1 unspecified atom stereocenters. The molecule has 2 aromatic heterocycles. The van der Waals surface area contributed by atoms with E-state index in [-0.39, 0.29) is 18.7 Å². The van der Waals surface area contributed by atoms with E-state index in [1.54, 1.807) is 31.2 Å². The third-order valence-corrected chi connectivity index (χ3v) is 4.64. The van der Waals surface area contributed by atoms with Crippen LogP contribution in [0.5, 0.6) is 11.5 Å². The van der Waals surface area contributed by atoms with Gasteiger partial charge in [-0.25, -0.2) is 0 Å². The number of hydrazine groups is 1. The number of aromatic nitrogens is 2. The minimum atomic E-state index is -0.799. The molecule has 0 aliphatic rings. The van der Waals surface area contributed by atoms with Crippen molar-refractivity contribution in [3.63, 3.8) is 0 Å². The lowest BCUT2D eigenvalue weighted by Crippen LogP contribution is -2.47. The fourth-order valence-electron chi connectivity index (χ4n) is 2.42. The summed E-state index contributed by atoms with van der Waals surface area (Å²) in [5.41, 5.74) is 5.57. The van der Waals surface area contributed by atoms with Gasteiger partial charge >= 0.3 is 0 Å². The van der Waals surface area contributed by atoms with Gasteiger partial charge in [0.15, 0.2) is 6.10 Å². The van der Waals surface area contributed by atoms with E-state index in [4.69, 9.17) is 14.0 Å². The van der Waals surface area contributed by atoms with Crippen LogP contribution in [-0.4, -0.2) is 34.7 Å². The molecule has 0 spiro atoms. The van der Waals surface area contributed by atoms with Gasteiger partial charge in [0.05, 0.1) is 6.61 Å². The Hall–Kier alpha value is -3.40. The monoisotopic (exact) mass is 430 g/mol. The maximum Gasteiger partial charge on any atom is 0.279 e. The maximum atomic E-state index is 12.1. The summed E-state index contributed by atoms with van der Waals surface area (Å²) in [4.78, 5) is 28.3. The lowest BCUT2D eigenvalue weighted by molar-refractivity contribution is -0.132. The third-order valence-electron chi connectivity index (χ3n) is 3.96. The van der Waals surface area contributed by atoms with Gasteiger partial charge in [0.2, 0.25) is 17.6 Å². The molecule has 2 amide bonds. The molecule has 30 heavy (non-hydrogen) atoms. The summed E-state index contributed by atoms with van der Waals surface area (Å²) >= 11 is 1.53. The molecule has 2 N–H and O–H groups in total. The van der Waals surface area contributed by atoms with Crippen LogP contribution in [0.25, 0.3) is 11.4 Å². The minimum absolute atomic E-state index is 0.0830. The molecule has 0 fully saturated rings. The van der Waals surface area contributed by atoms with E-state index in [2.05, 4.69) is 21.0 Å². The van der Waals surface area contributed by atoms with Crippen LogP contribution >= 0.6 is 11.3 Å². The molecular formula is C20H22N4O5S. The van der Waals surface area contributed by atoms with Crippen molar-refractivity contribution in [2.75, 3.05) is 6.61 Å². The first kappa shape index (κ1) is 21.3. The zero-order valence-electron chi connectivity index (χ0n) is 16.6. The molecule has 9 nitrogen and oxygen atoms in total. The Bertz CT molecular complexity index is 956. The van der Waals surface area contributed by atoms with E-state index >= 15 is 0 Å². The Labute approximate surface area is 177 Å². The lowest BCUT2D eigenvalue weighted by Gasteiger charge is -2.15. The summed E-state index contributed by atoms with van der Waals surface area (Å²) in [7, 11) is 0. The van der Waals surface area contributed by atoms with Crippen LogP contribution in [0.2, 0.25) is 0 Å². The fourth-order valence-corrected chi connectivity index (χ4v) is 3.05. The van der Waals surface area contributed by atoms with Gasteiger partial charge in [-0.05, 0) is 49.6 Å². The van der Waals surface area contributed by atoms with Gasteiger partial charge in [0, 0.05) is 23.8 Å². The van der Waals surface area contributed by atoms with E-state index in [0.29, 0.717) is 24.1 Å². The first-order chi connectivity index (χ1) is 14.5. The average Bonchev–Trinajstić information content (AvgIpc) is 3.44. The predicted octanol–water partition coefficient (Wildman–Crippen LogP) is 2.74. The number of benzene rings is 1. The highest BCUT2D eigenvalue weighted by Crippen LogP contribution is 2.19. The summed E-state index contributed by atoms with van der Waals surface area (Å²) in [6.07, 6.45) is -0.455. The summed E-state index contributed by atoms with van der Waals surface area (Å²) in [6.45, 7) is 4.05. The zero-order chi connectivity index (χ0) is 21.3. The topological polar surface area (TPSA) is 116 Å². The number of thiophene rings is 1. The van der Waals surface area contributed by atoms with E-state index in [1.807, 2.05) is 23.8 Å². The molecule has 3 aromatic rings. The number of carbonyl (C=O) groups excluding carboxylic acids is 2. The normalized spacial score (nSPS) is 11.5. The standard InChI is InChI=1S/C20H22N4O5S/c1-3-27-15-4-6-16(7-5-15)28-13(2)20(26)23-22-17(25)8-9-18-21-19(24-29-18)14-10-11-30-12-14/h4-7,10-13H,3,8-9H2,1-2H3,(H,22,25)(H,23,26). The largest absolute Gasteiger partial charge is 0.494 e. The van der Waals surface area contributed by atoms with Gasteiger partial charge in [-0.2, -0.15) is 16.3 Å². The highest BCUT2D eigenvalue weighted by Gasteiger charge is 2.16. The quantitative estimate of drug-likeness (QED) is 0.502. The van der Waals surface area contributed by atoms with Gasteiger partial charge in [-0.3, -0.25) is 20.4 Å². The molecule has 10 heteroatoms. The third kappa shape index (κ3) is 6.05. The van der Waals surface area contributed by atoms with Crippen molar-refractivity contribution in [1.29, 1.82) is 0 Å². The van der Waals surface area contributed by atoms with Crippen LogP contribution in [0.3, 0.4) is 0 Å². The first-order valence-corrected chi connectivity index (χ1v) is 10.3. The van der Waals surface area contributed by atoms with Gasteiger partial charge in [-0.1, -0.05) is 5.16 Å². The van der Waals surface area contributed by atoms with Crippen LogP contribution in [0.1, 0.15) is 26.2 Å². The Morgan fingerprint density at radius 1 is 1.17 bits per heavy atom. The van der Waals surface area contributed by atoms with Crippen molar-refractivity contribution in [3.8, 4) is 22.9 Å². The van der Waals surface area contributed by atoms with Crippen molar-refractivity contribution < 1.29 is 23.6 Å². The number of amides is 2. The van der Waals surface area contributed by atoms with Crippen molar-refractivity contribution in [1.82, 2.24) is 21.0 Å². The second-order valence-electron chi connectivity index (χ2n) is 6.23. The molecule has 3 rings (SSSR count). The van der Waals surface area contributed by atoms with Gasteiger partial charge in [0.25, 0.3) is 5.91 Å². The zero-order valence-corrected chi connectivity index (χ0v) is 17.4. The lowest BCUT2D eigenvalue weighted by atomic mass is 10.3. The molecule has 2 heterocycles. The van der Waals surface area contributed by atoms with E-state index < -0.39 is 12.0 Å². The minimum Gasteiger partial charge on any atom is -0.494 e. The average molecular weight is 430 g/mol. The fraction of sp³-hybridized carbons (Fsp3) is 0.300. The Balaban J connectivity index is 1.39. The number of carbonyl (C=O) groups is 2. The van der Waals surface area contributed by atoms with Crippen LogP contribution in [0, 0.1) is 0 Å². The highest BCUT2D eigenvalue weighted by molar-refractivity contribution is 7.08. The Kier molecular flexibility index (Phi) is 7.39. The highest BCUT2D eigenvalue weighted by atomic mass is 32.1. The Morgan fingerprint density at radius 3 is 2.63 bits per heavy atom. The molecule has 158 valence electrons. The number of nitrogens with zero attached hydrogens (tertiary/aromatic N) is 2. The molecular weight excluding hydrogens is 408 g/mol. The van der Waals surface area contributed by atoms with Crippen LogP contribution in [0.4, 0.5) is 0 Å². The van der Waals surface area contributed by atoms with Crippen molar-refractivity contribution in [2.45, 2.75) is 32.8 Å². The number of aryl methyl sites for hydroxylation is 1. The molecule has 0 bridgehead atoms. The number of hydrogen-bond donors (Lipinski definition) is 2. The van der Waals surface area contributed by atoms with Gasteiger partial charge < -0.3 is 14.0 Å². The summed E-state index contributed by atoms with van der Waals surface area (Å²) < 4.78 is 16.1. The first-order valence-electron chi connectivity index (χ1n) is 9.38. The number of hydrogen-bond acceptors (Lipinski definition) is 8. The molecule has 0 aliphatic heterocycles. The summed E-state index contributed by atoms with van der Waals surface area (Å²) in [5, 5.41) is 7.71. The van der Waals surface area contributed by atoms with Crippen LogP contribution in [-0.2, 0) is 16.0 Å². The second-order valence-corrected chi connectivity index (χ2v) is 7.01. The SMILES string of the molecule is CCOc1ccc(OC(C)C(=O)NNC(=O)CCc2nc(-c3ccsc3)no2)cc1. The second kappa shape index (κ2) is 10.4. The van der Waals surface area contributed by atoms with E-state index in [0.717, 1.165) is 11.3 Å². The van der Waals surface area contributed by atoms with Gasteiger partial charge in [0.1, 0.15) is 11.5 Å². The molecule has 0 aliphatic carbocycles. The van der Waals surface area contributed by atoms with Gasteiger partial charge in [-0.15, -0.1) is 0 Å². The van der Waals surface area contributed by atoms with E-state index in [9.17, 15) is 9.59 Å². The summed E-state index contributed by atoms with van der Waals surface area (Å²) in [5.74, 6) is 1.22. The molecule has 1 aromatic carbocycles. The van der Waals surface area contributed by atoms with Crippen LogP contribution in [0.15, 0.2) is 45.6 Å². The molecule has 0 saturated heterocycles. The molecule has 0 radical (unpaired) electrons. The number of nitrogens with one attached hydrogen (secondary N) is 2. The predicted molar refractivity (Wildman–Crippen MR) is 110 cm³/mol. The smallest absolute Gasteiger partial charge is 0.279 e. The van der Waals surface area contributed by atoms with Crippen LogP contribution < -0.4 is 20.3 Å².